The molecule has 2 unspecified atom stereocenters. The zero-order valence-electron chi connectivity index (χ0n) is 24.7. The fraction of sp³-hybridized carbons (Fsp3) is 0.759. The third-order valence-corrected chi connectivity index (χ3v) is 11.0. The Morgan fingerprint density at radius 3 is 2.45 bits per heavy atom. The topological polar surface area (TPSA) is 62.7 Å². The first-order chi connectivity index (χ1) is 17.8. The van der Waals surface area contributed by atoms with Gasteiger partial charge < -0.3 is 14.5 Å². The largest absolute Gasteiger partial charge is 0.444 e. The second kappa shape index (κ2) is 15.6. The molecule has 2 heterocycles. The van der Waals surface area contributed by atoms with Gasteiger partial charge in [0, 0.05) is 37.8 Å². The van der Waals surface area contributed by atoms with Crippen LogP contribution in [0.2, 0.25) is 0 Å². The monoisotopic (exact) mass is 583 g/mol. The summed E-state index contributed by atoms with van der Waals surface area (Å²) in [5.74, 6) is 3.45. The minimum Gasteiger partial charge on any atom is -0.444 e. The van der Waals surface area contributed by atoms with Crippen LogP contribution in [0.3, 0.4) is 0 Å². The van der Waals surface area contributed by atoms with E-state index in [2.05, 4.69) is 48.4 Å². The number of rotatable bonds is 13. The summed E-state index contributed by atoms with van der Waals surface area (Å²) < 4.78 is 5.75. The summed E-state index contributed by atoms with van der Waals surface area (Å²) in [6.07, 6.45) is 10.5. The lowest BCUT2D eigenvalue weighted by atomic mass is 9.91. The van der Waals surface area contributed by atoms with Gasteiger partial charge in [0.1, 0.15) is 10.6 Å². The highest BCUT2D eigenvalue weighted by Crippen LogP contribution is 2.49. The molecule has 1 fully saturated rings. The molecule has 216 valence electrons. The van der Waals surface area contributed by atoms with Gasteiger partial charge >= 0.3 is 6.09 Å². The minimum atomic E-state index is -0.465. The molecule has 0 saturated carbocycles. The van der Waals surface area contributed by atoms with Gasteiger partial charge in [0.2, 0.25) is 5.91 Å². The zero-order chi connectivity index (χ0) is 28.3. The standard InChI is InChI=1S/C29H49N3O3S3/c1-22(19-23(2)20-24(3)26(33)32(8)21-25-30-14-18-36-25)11-13-29(37-16-10-17-38-29)12-9-15-31(7)27(34)35-28(4,5)6/h14,18,20,22-23H,9-13,15-17,19,21H2,1-8H3/b24-20+. The van der Waals surface area contributed by atoms with Crippen LogP contribution < -0.4 is 0 Å². The van der Waals surface area contributed by atoms with Gasteiger partial charge in [-0.3, -0.25) is 4.79 Å². The predicted molar refractivity (Wildman–Crippen MR) is 165 cm³/mol. The van der Waals surface area contributed by atoms with Gasteiger partial charge in [-0.1, -0.05) is 19.9 Å². The second-order valence-electron chi connectivity index (χ2n) is 11.8. The predicted octanol–water partition coefficient (Wildman–Crippen LogP) is 7.70. The van der Waals surface area contributed by atoms with E-state index in [0.29, 0.717) is 18.4 Å². The van der Waals surface area contributed by atoms with E-state index >= 15 is 0 Å². The maximum Gasteiger partial charge on any atom is 0.410 e. The molecule has 6 nitrogen and oxygen atoms in total. The molecular formula is C29H49N3O3S3. The molecule has 1 aromatic heterocycles. The molecule has 1 aromatic rings. The molecule has 0 aliphatic carbocycles. The number of thiazole rings is 1. The lowest BCUT2D eigenvalue weighted by Gasteiger charge is -2.37. The molecular weight excluding hydrogens is 535 g/mol. The Kier molecular flexibility index (Phi) is 13.5. The molecule has 0 aromatic carbocycles. The Morgan fingerprint density at radius 1 is 1.16 bits per heavy atom. The van der Waals surface area contributed by atoms with Crippen LogP contribution in [0.5, 0.6) is 0 Å². The first-order valence-corrected chi connectivity index (χ1v) is 16.7. The van der Waals surface area contributed by atoms with Crippen LogP contribution in [0.15, 0.2) is 23.2 Å². The van der Waals surface area contributed by atoms with E-state index in [1.807, 2.05) is 47.2 Å². The molecule has 9 heteroatoms. The van der Waals surface area contributed by atoms with Crippen molar-refractivity contribution in [2.45, 2.75) is 96.3 Å². The van der Waals surface area contributed by atoms with Crippen LogP contribution in [0.4, 0.5) is 4.79 Å². The molecule has 2 rings (SSSR count). The van der Waals surface area contributed by atoms with Crippen molar-refractivity contribution in [3.05, 3.63) is 28.2 Å². The number of nitrogens with zero attached hydrogens (tertiary/aromatic N) is 3. The minimum absolute atomic E-state index is 0.0741. The summed E-state index contributed by atoms with van der Waals surface area (Å²) in [6, 6.07) is 0. The molecule has 2 amide bonds. The molecule has 2 atom stereocenters. The van der Waals surface area contributed by atoms with E-state index in [1.165, 1.54) is 30.8 Å². The van der Waals surface area contributed by atoms with E-state index < -0.39 is 5.60 Å². The SMILES string of the molecule is C/C(=C\C(C)CC(C)CCC1(CCCN(C)C(=O)OC(C)(C)C)SCCCS1)C(=O)N(C)Cc1nccs1. The van der Waals surface area contributed by atoms with Crippen molar-refractivity contribution in [3.63, 3.8) is 0 Å². The van der Waals surface area contributed by atoms with Crippen molar-refractivity contribution in [1.29, 1.82) is 0 Å². The van der Waals surface area contributed by atoms with Crippen LogP contribution >= 0.6 is 34.9 Å². The van der Waals surface area contributed by atoms with Gasteiger partial charge in [-0.2, -0.15) is 0 Å². The molecule has 38 heavy (non-hydrogen) atoms. The highest BCUT2D eigenvalue weighted by molar-refractivity contribution is 8.18. The molecule has 0 spiro atoms. The zero-order valence-corrected chi connectivity index (χ0v) is 27.2. The Balaban J connectivity index is 1.83. The molecule has 0 N–H and O–H groups in total. The van der Waals surface area contributed by atoms with Gasteiger partial charge in [0.05, 0.1) is 10.6 Å². The maximum atomic E-state index is 12.8. The highest BCUT2D eigenvalue weighted by atomic mass is 32.2. The number of carbonyl (C=O) groups excluding carboxylic acids is 2. The van der Waals surface area contributed by atoms with Gasteiger partial charge in [0.25, 0.3) is 0 Å². The summed E-state index contributed by atoms with van der Waals surface area (Å²) in [4.78, 5) is 32.9. The first-order valence-electron chi connectivity index (χ1n) is 13.8. The van der Waals surface area contributed by atoms with Crippen LogP contribution in [-0.4, -0.2) is 68.6 Å². The summed E-state index contributed by atoms with van der Waals surface area (Å²) in [5, 5.41) is 2.90. The molecule has 0 bridgehead atoms. The van der Waals surface area contributed by atoms with E-state index in [1.54, 1.807) is 27.3 Å². The normalized spacial score (nSPS) is 17.5. The summed E-state index contributed by atoms with van der Waals surface area (Å²) >= 11 is 5.82. The maximum absolute atomic E-state index is 12.8. The Labute approximate surface area is 243 Å². The molecule has 1 aliphatic heterocycles. The fourth-order valence-corrected chi connectivity index (χ4v) is 8.85. The van der Waals surface area contributed by atoms with E-state index in [0.717, 1.165) is 36.4 Å². The summed E-state index contributed by atoms with van der Waals surface area (Å²) in [5.41, 5.74) is 0.348. The van der Waals surface area contributed by atoms with Crippen LogP contribution in [-0.2, 0) is 16.1 Å². The smallest absolute Gasteiger partial charge is 0.410 e. The first kappa shape index (κ1) is 33.0. The van der Waals surface area contributed by atoms with Gasteiger partial charge in [-0.05, 0) is 89.6 Å². The quantitative estimate of drug-likeness (QED) is 0.222. The number of hydrogen-bond acceptors (Lipinski definition) is 7. The number of aromatic nitrogens is 1. The Hall–Kier alpha value is -1.19. The van der Waals surface area contributed by atoms with Crippen LogP contribution in [0.25, 0.3) is 0 Å². The van der Waals surface area contributed by atoms with Crippen molar-refractivity contribution >= 4 is 46.9 Å². The number of amides is 2. The summed E-state index contributed by atoms with van der Waals surface area (Å²) in [7, 11) is 3.68. The van der Waals surface area contributed by atoms with Crippen LogP contribution in [0.1, 0.15) is 85.1 Å². The Morgan fingerprint density at radius 2 is 1.84 bits per heavy atom. The van der Waals surface area contributed by atoms with Gasteiger partial charge in [0.15, 0.2) is 0 Å². The average Bonchev–Trinajstić information content (AvgIpc) is 3.34. The van der Waals surface area contributed by atoms with Gasteiger partial charge in [-0.25, -0.2) is 9.78 Å². The third kappa shape index (κ3) is 11.9. The van der Waals surface area contributed by atoms with Crippen LogP contribution in [0, 0.1) is 11.8 Å². The number of likely N-dealkylation sites (N-methyl/N-ethyl adjacent to an activating group) is 1. The molecule has 1 aliphatic rings. The van der Waals surface area contributed by atoms with E-state index in [4.69, 9.17) is 4.74 Å². The molecule has 1 saturated heterocycles. The fourth-order valence-electron chi connectivity index (χ4n) is 4.74. The number of allylic oxidation sites excluding steroid dienone is 1. The Bertz CT molecular complexity index is 893. The number of ether oxygens (including phenoxy) is 1. The van der Waals surface area contributed by atoms with E-state index in [-0.39, 0.29) is 16.1 Å². The van der Waals surface area contributed by atoms with E-state index in [9.17, 15) is 9.59 Å². The lowest BCUT2D eigenvalue weighted by molar-refractivity contribution is -0.126. The number of hydrogen-bond donors (Lipinski definition) is 0. The van der Waals surface area contributed by atoms with Crippen molar-refractivity contribution in [1.82, 2.24) is 14.8 Å². The highest BCUT2D eigenvalue weighted by Gasteiger charge is 2.34. The van der Waals surface area contributed by atoms with Crippen molar-refractivity contribution in [3.8, 4) is 0 Å². The summed E-state index contributed by atoms with van der Waals surface area (Å²) in [6.45, 7) is 13.5. The second-order valence-corrected chi connectivity index (χ2v) is 16.0. The third-order valence-electron chi connectivity index (χ3n) is 6.64. The average molecular weight is 584 g/mol. The van der Waals surface area contributed by atoms with Crippen molar-refractivity contribution in [2.24, 2.45) is 11.8 Å². The van der Waals surface area contributed by atoms with Gasteiger partial charge in [-0.15, -0.1) is 34.9 Å². The number of thioether (sulfide) groups is 2. The lowest BCUT2D eigenvalue weighted by Crippen LogP contribution is -2.35. The molecule has 0 radical (unpaired) electrons. The van der Waals surface area contributed by atoms with Crippen molar-refractivity contribution < 1.29 is 14.3 Å². The van der Waals surface area contributed by atoms with Crippen molar-refractivity contribution in [2.75, 3.05) is 32.1 Å². The number of carbonyl (C=O) groups is 2.